The van der Waals surface area contributed by atoms with Crippen molar-refractivity contribution >= 4 is 17.5 Å². The number of hydrogen-bond acceptors (Lipinski definition) is 4. The minimum Gasteiger partial charge on any atom is -0.354 e. The number of likely N-dealkylation sites (N-methyl/N-ethyl adjacent to an activating group) is 1. The third-order valence-corrected chi connectivity index (χ3v) is 2.75. The Bertz CT molecular complexity index is 553. The van der Waals surface area contributed by atoms with Crippen molar-refractivity contribution in [3.8, 4) is 11.4 Å². The van der Waals surface area contributed by atoms with Gasteiger partial charge in [0.25, 0.3) is 11.8 Å². The summed E-state index contributed by atoms with van der Waals surface area (Å²) in [5, 5.41) is 8.87. The average molecular weight is 282 g/mol. The highest BCUT2D eigenvalue weighted by Gasteiger charge is 2.10. The van der Waals surface area contributed by atoms with Gasteiger partial charge in [-0.05, 0) is 24.3 Å². The first-order valence-electron chi connectivity index (χ1n) is 5.80. The summed E-state index contributed by atoms with van der Waals surface area (Å²) in [5.74, 6) is 0.950. The van der Waals surface area contributed by atoms with Crippen LogP contribution in [-0.2, 0) is 11.3 Å². The molecule has 1 aromatic heterocycles. The molecule has 1 aromatic carbocycles. The van der Waals surface area contributed by atoms with Crippen LogP contribution in [0.4, 0.5) is 0 Å². The van der Waals surface area contributed by atoms with Gasteiger partial charge in [-0.3, -0.25) is 4.79 Å². The molecule has 0 atom stereocenters. The fraction of sp³-hybridized carbons (Fsp3) is 0.250. The molecule has 0 spiro atoms. The van der Waals surface area contributed by atoms with Crippen molar-refractivity contribution in [2.75, 3.05) is 13.6 Å². The molecule has 0 aliphatic carbocycles. The first-order chi connectivity index (χ1) is 9.19. The molecule has 0 unspecified atom stereocenters. The molecule has 100 valence electrons. The second-order valence-electron chi connectivity index (χ2n) is 3.89. The largest absolute Gasteiger partial charge is 0.354 e. The molecule has 0 aliphatic rings. The lowest BCUT2D eigenvalue weighted by atomic mass is 10.2. The van der Waals surface area contributed by atoms with Crippen LogP contribution in [0.5, 0.6) is 0 Å². The van der Waals surface area contributed by atoms with Crippen LogP contribution < -0.4 is 10.6 Å². The van der Waals surface area contributed by atoms with Gasteiger partial charge in [-0.2, -0.15) is 4.98 Å². The summed E-state index contributed by atoms with van der Waals surface area (Å²) >= 11 is 5.81. The third kappa shape index (κ3) is 3.77. The van der Waals surface area contributed by atoms with Crippen LogP contribution in [0.2, 0.25) is 5.02 Å². The van der Waals surface area contributed by atoms with Crippen molar-refractivity contribution in [2.45, 2.75) is 6.54 Å². The molecule has 1 heterocycles. The topological polar surface area (TPSA) is 84.6 Å². The van der Waals surface area contributed by atoms with Crippen molar-refractivity contribution in [3.05, 3.63) is 35.2 Å². The molecule has 0 saturated heterocycles. The summed E-state index contributed by atoms with van der Waals surface area (Å²) in [7, 11) is 1.60. The Labute approximate surface area is 115 Å². The number of quaternary nitrogens is 1. The Balaban J connectivity index is 1.95. The summed E-state index contributed by atoms with van der Waals surface area (Å²) in [4.78, 5) is 15.3. The molecular weight excluding hydrogens is 268 g/mol. The molecule has 19 heavy (non-hydrogen) atoms. The van der Waals surface area contributed by atoms with E-state index in [-0.39, 0.29) is 5.91 Å². The zero-order chi connectivity index (χ0) is 13.7. The SMILES string of the molecule is CNC(=O)C[NH2+]Cc1nc(-c2ccc(Cl)cc2)no1. The Morgan fingerprint density at radius 2 is 2.16 bits per heavy atom. The van der Waals surface area contributed by atoms with E-state index in [1.807, 2.05) is 12.1 Å². The van der Waals surface area contributed by atoms with Crippen molar-refractivity contribution in [1.29, 1.82) is 0 Å². The fourth-order valence-electron chi connectivity index (χ4n) is 1.48. The molecule has 3 N–H and O–H groups in total. The van der Waals surface area contributed by atoms with Crippen molar-refractivity contribution in [1.82, 2.24) is 15.5 Å². The molecular formula is C12H14ClN4O2+. The normalized spacial score (nSPS) is 10.4. The maximum atomic E-state index is 11.0. The summed E-state index contributed by atoms with van der Waals surface area (Å²) in [6, 6.07) is 7.19. The fourth-order valence-corrected chi connectivity index (χ4v) is 1.61. The van der Waals surface area contributed by atoms with Gasteiger partial charge in [-0.25, -0.2) is 0 Å². The standard InChI is InChI=1S/C12H13ClN4O2/c1-14-10(18)6-15-7-11-16-12(17-19-11)8-2-4-9(13)5-3-8/h2-5,15H,6-7H2,1H3,(H,14,18)/p+1. The number of nitrogens with zero attached hydrogens (tertiary/aromatic N) is 2. The summed E-state index contributed by atoms with van der Waals surface area (Å²) in [5.41, 5.74) is 0.839. The smallest absolute Gasteiger partial charge is 0.282 e. The quantitative estimate of drug-likeness (QED) is 0.820. The van der Waals surface area contributed by atoms with E-state index in [9.17, 15) is 4.79 Å². The number of halogens is 1. The lowest BCUT2D eigenvalue weighted by Gasteiger charge is -1.96. The number of rotatable bonds is 5. The van der Waals surface area contributed by atoms with Crippen LogP contribution in [0.3, 0.4) is 0 Å². The molecule has 2 rings (SSSR count). The molecule has 6 nitrogen and oxygen atoms in total. The van der Waals surface area contributed by atoms with Crippen LogP contribution in [0.15, 0.2) is 28.8 Å². The van der Waals surface area contributed by atoms with Gasteiger partial charge in [0.15, 0.2) is 13.1 Å². The molecule has 0 saturated carbocycles. The maximum absolute atomic E-state index is 11.0. The number of carbonyl (C=O) groups excluding carboxylic acids is 1. The first kappa shape index (κ1) is 13.5. The van der Waals surface area contributed by atoms with E-state index in [1.165, 1.54) is 0 Å². The summed E-state index contributed by atoms with van der Waals surface area (Å²) in [6.07, 6.45) is 0. The Hall–Kier alpha value is -1.92. The van der Waals surface area contributed by atoms with Crippen LogP contribution in [-0.4, -0.2) is 29.6 Å². The van der Waals surface area contributed by atoms with Crippen LogP contribution >= 0.6 is 11.6 Å². The monoisotopic (exact) mass is 281 g/mol. The number of nitrogens with one attached hydrogen (secondary N) is 1. The number of amides is 1. The van der Waals surface area contributed by atoms with Gasteiger partial charge >= 0.3 is 0 Å². The molecule has 0 radical (unpaired) electrons. The predicted octanol–water partition coefficient (Wildman–Crippen LogP) is 0.199. The molecule has 0 fully saturated rings. The molecule has 0 bridgehead atoms. The van der Waals surface area contributed by atoms with Crippen molar-refractivity contribution < 1.29 is 14.6 Å². The van der Waals surface area contributed by atoms with Crippen LogP contribution in [0.25, 0.3) is 11.4 Å². The van der Waals surface area contributed by atoms with Crippen molar-refractivity contribution in [2.24, 2.45) is 0 Å². The second kappa shape index (κ2) is 6.31. The number of aromatic nitrogens is 2. The lowest BCUT2D eigenvalue weighted by molar-refractivity contribution is -0.662. The number of hydrogen-bond donors (Lipinski definition) is 2. The minimum atomic E-state index is -0.0440. The van der Waals surface area contributed by atoms with Crippen LogP contribution in [0.1, 0.15) is 5.89 Å². The van der Waals surface area contributed by atoms with Gasteiger partial charge in [0.2, 0.25) is 5.82 Å². The zero-order valence-electron chi connectivity index (χ0n) is 10.4. The number of nitrogens with two attached hydrogens (primary N) is 1. The maximum Gasteiger partial charge on any atom is 0.282 e. The van der Waals surface area contributed by atoms with Gasteiger partial charge in [-0.1, -0.05) is 16.8 Å². The second-order valence-corrected chi connectivity index (χ2v) is 4.33. The summed E-state index contributed by atoms with van der Waals surface area (Å²) in [6.45, 7) is 0.795. The molecule has 7 heteroatoms. The highest BCUT2D eigenvalue weighted by Crippen LogP contribution is 2.18. The van der Waals surface area contributed by atoms with Crippen LogP contribution in [0, 0.1) is 0 Å². The van der Waals surface area contributed by atoms with E-state index in [2.05, 4.69) is 15.5 Å². The number of benzene rings is 1. The van der Waals surface area contributed by atoms with E-state index in [4.69, 9.17) is 16.1 Å². The lowest BCUT2D eigenvalue weighted by Crippen LogP contribution is -2.85. The van der Waals surface area contributed by atoms with E-state index < -0.39 is 0 Å². The van der Waals surface area contributed by atoms with Gasteiger partial charge in [0, 0.05) is 17.6 Å². The van der Waals surface area contributed by atoms with Crippen molar-refractivity contribution in [3.63, 3.8) is 0 Å². The highest BCUT2D eigenvalue weighted by atomic mass is 35.5. The van der Waals surface area contributed by atoms with E-state index in [0.717, 1.165) is 5.56 Å². The van der Waals surface area contributed by atoms with Gasteiger partial charge in [-0.15, -0.1) is 0 Å². The van der Waals surface area contributed by atoms with Gasteiger partial charge < -0.3 is 15.2 Å². The average Bonchev–Trinajstić information content (AvgIpc) is 2.88. The first-order valence-corrected chi connectivity index (χ1v) is 6.17. The van der Waals surface area contributed by atoms with E-state index in [1.54, 1.807) is 24.5 Å². The molecule has 1 amide bonds. The zero-order valence-corrected chi connectivity index (χ0v) is 11.1. The predicted molar refractivity (Wildman–Crippen MR) is 69.3 cm³/mol. The number of carbonyl (C=O) groups is 1. The molecule has 0 aliphatic heterocycles. The van der Waals surface area contributed by atoms with E-state index in [0.29, 0.717) is 29.8 Å². The van der Waals surface area contributed by atoms with Gasteiger partial charge in [0.1, 0.15) is 0 Å². The minimum absolute atomic E-state index is 0.0440. The molecule has 2 aromatic rings. The highest BCUT2D eigenvalue weighted by molar-refractivity contribution is 6.30. The third-order valence-electron chi connectivity index (χ3n) is 2.50. The summed E-state index contributed by atoms with van der Waals surface area (Å²) < 4.78 is 5.11. The van der Waals surface area contributed by atoms with E-state index >= 15 is 0 Å². The Morgan fingerprint density at radius 1 is 1.42 bits per heavy atom. The van der Waals surface area contributed by atoms with Gasteiger partial charge in [0.05, 0.1) is 0 Å². The Morgan fingerprint density at radius 3 is 2.84 bits per heavy atom. The Kier molecular flexibility index (Phi) is 4.48.